The van der Waals surface area contributed by atoms with Crippen LogP contribution in [0.15, 0.2) is 30.3 Å². The fourth-order valence-corrected chi connectivity index (χ4v) is 0.453. The Hall–Kier alpha value is -1.14. The number of benzene rings is 1. The Morgan fingerprint density at radius 3 is 1.45 bits per heavy atom. The molecule has 1 aromatic carbocycles. The zero-order chi connectivity index (χ0) is 7.11. The first-order chi connectivity index (χ1) is 4.39. The van der Waals surface area contributed by atoms with E-state index >= 15 is 0 Å². The van der Waals surface area contributed by atoms with Crippen molar-refractivity contribution in [3.05, 3.63) is 30.3 Å². The summed E-state index contributed by atoms with van der Waals surface area (Å²) in [5.41, 5.74) is 6.18. The van der Waals surface area contributed by atoms with E-state index in [-0.39, 0.29) is 12.3 Å². The summed E-state index contributed by atoms with van der Waals surface area (Å²) in [5.74, 6) is 3.50. The summed E-state index contributed by atoms with van der Waals surface area (Å²) >= 11 is 0. The molecule has 1 aromatic rings. The molecule has 0 atom stereocenters. The third-order valence-electron chi connectivity index (χ3n) is 0.800. The van der Waals surface area contributed by atoms with Gasteiger partial charge in [-0.1, -0.05) is 18.2 Å². The Balaban J connectivity index is -0.000000149. The van der Waals surface area contributed by atoms with E-state index in [0.717, 1.165) is 5.69 Å². The Kier molecular flexibility index (Phi) is 17.4. The Labute approximate surface area is 66.1 Å². The summed E-state index contributed by atoms with van der Waals surface area (Å²) in [4.78, 5) is 0. The first-order valence-corrected chi connectivity index (χ1v) is 2.46. The maximum absolute atomic E-state index is 6.50. The number of para-hydroxylation sites is 1. The molecule has 0 bridgehead atoms. The number of anilines is 1. The molecule has 0 saturated carbocycles. The highest BCUT2D eigenvalue weighted by Gasteiger charge is 1.72. The molecule has 0 heterocycles. The maximum atomic E-state index is 6.50. The highest BCUT2D eigenvalue weighted by atomic mass is 16.4. The largest absolute Gasteiger partial charge is 0.399 e. The molecule has 0 amide bonds. The maximum Gasteiger partial charge on any atom is 0.0313 e. The van der Waals surface area contributed by atoms with Crippen molar-refractivity contribution in [2.75, 3.05) is 5.73 Å². The summed E-state index contributed by atoms with van der Waals surface area (Å²) in [7, 11) is 0. The van der Waals surface area contributed by atoms with Crippen molar-refractivity contribution in [1.29, 1.82) is 0 Å². The fraction of sp³-hybridized carbons (Fsp3) is 0. The van der Waals surface area contributed by atoms with Gasteiger partial charge in [0.2, 0.25) is 0 Å². The molecule has 11 heavy (non-hydrogen) atoms. The first-order valence-electron chi connectivity index (χ1n) is 2.46. The summed E-state index contributed by atoms with van der Waals surface area (Å²) in [6.45, 7) is 0. The zero-order valence-corrected chi connectivity index (χ0v) is 6.40. The molecule has 0 unspecified atom stereocenters. The molecule has 5 nitrogen and oxygen atoms in total. The van der Waals surface area contributed by atoms with Gasteiger partial charge in [-0.3, -0.25) is 0 Å². The van der Waals surface area contributed by atoms with Gasteiger partial charge in [-0.15, -0.1) is 0 Å². The summed E-state index contributed by atoms with van der Waals surface area (Å²) in [6, 6.07) is 9.49. The fourth-order valence-electron chi connectivity index (χ4n) is 0.453. The van der Waals surface area contributed by atoms with Crippen LogP contribution in [0.4, 0.5) is 5.69 Å². The van der Waals surface area contributed by atoms with Gasteiger partial charge in [0.15, 0.2) is 0 Å². The van der Waals surface area contributed by atoms with Crippen LogP contribution >= 0.6 is 0 Å². The van der Waals surface area contributed by atoms with Crippen molar-refractivity contribution < 1.29 is 5.21 Å². The van der Waals surface area contributed by atoms with E-state index in [4.69, 9.17) is 10.9 Å². The molecule has 1 rings (SSSR count). The van der Waals surface area contributed by atoms with Crippen molar-refractivity contribution in [3.8, 4) is 0 Å². The molecule has 0 aromatic heterocycles. The molecule has 66 valence electrons. The van der Waals surface area contributed by atoms with Gasteiger partial charge in [0.25, 0.3) is 0 Å². The lowest BCUT2D eigenvalue weighted by atomic mass is 10.3. The Bertz CT molecular complexity index is 145. The topological polar surface area (TPSA) is 142 Å². The lowest BCUT2D eigenvalue weighted by molar-refractivity contribution is 0.311. The Morgan fingerprint density at radius 2 is 1.27 bits per heavy atom. The van der Waals surface area contributed by atoms with Crippen molar-refractivity contribution in [2.45, 2.75) is 0 Å². The van der Waals surface area contributed by atoms with E-state index < -0.39 is 0 Å². The number of nitrogens with two attached hydrogens (primary N) is 2. The number of rotatable bonds is 0. The van der Waals surface area contributed by atoms with Crippen LogP contribution in [0.3, 0.4) is 0 Å². The minimum absolute atomic E-state index is 0. The van der Waals surface area contributed by atoms with Gasteiger partial charge in [0, 0.05) is 5.69 Å². The van der Waals surface area contributed by atoms with Crippen molar-refractivity contribution >= 4 is 5.69 Å². The van der Waals surface area contributed by atoms with Crippen LogP contribution in [0.25, 0.3) is 0 Å². The molecule has 0 aliphatic rings. The smallest absolute Gasteiger partial charge is 0.0313 e. The average molecular weight is 160 g/mol. The number of nitrogen functional groups attached to an aromatic ring is 1. The van der Waals surface area contributed by atoms with Crippen LogP contribution < -0.4 is 23.9 Å². The molecule has 0 spiro atoms. The van der Waals surface area contributed by atoms with Crippen LogP contribution in [0, 0.1) is 0 Å². The highest BCUT2D eigenvalue weighted by Crippen LogP contribution is 1.95. The first kappa shape index (κ1) is 16.4. The lowest BCUT2D eigenvalue weighted by Gasteiger charge is -1.83. The van der Waals surface area contributed by atoms with Crippen molar-refractivity contribution in [1.82, 2.24) is 12.3 Å². The Morgan fingerprint density at radius 1 is 0.909 bits per heavy atom. The second kappa shape index (κ2) is 11.6. The summed E-state index contributed by atoms with van der Waals surface area (Å²) < 4.78 is 0. The summed E-state index contributed by atoms with van der Waals surface area (Å²) in [5, 5.41) is 6.50. The third-order valence-corrected chi connectivity index (χ3v) is 0.800. The normalized spacial score (nSPS) is 6.00. The predicted octanol–water partition coefficient (Wildman–Crippen LogP) is 0.927. The van der Waals surface area contributed by atoms with E-state index in [1.807, 2.05) is 30.3 Å². The minimum atomic E-state index is 0. The van der Waals surface area contributed by atoms with E-state index in [0.29, 0.717) is 0 Å². The highest BCUT2D eigenvalue weighted by molar-refractivity contribution is 5.35. The average Bonchev–Trinajstić information content (AvgIpc) is 1.94. The molecule has 0 aliphatic carbocycles. The molecule has 0 fully saturated rings. The van der Waals surface area contributed by atoms with Gasteiger partial charge in [-0.25, -0.2) is 5.90 Å². The number of hydrogen-bond acceptors (Lipinski definition) is 5. The standard InChI is InChI=1S/C6H7N.H3NO.2H3N/c7-6-4-2-1-3-5-6;1-2;;/h1-5H,7H2;2H,1H2;2*1H3. The van der Waals surface area contributed by atoms with Crippen molar-refractivity contribution in [3.63, 3.8) is 0 Å². The minimum Gasteiger partial charge on any atom is -0.399 e. The second-order valence-corrected chi connectivity index (χ2v) is 1.41. The monoisotopic (exact) mass is 160 g/mol. The van der Waals surface area contributed by atoms with Gasteiger partial charge in [0.1, 0.15) is 0 Å². The van der Waals surface area contributed by atoms with Crippen LogP contribution in [-0.2, 0) is 0 Å². The van der Waals surface area contributed by atoms with Crippen molar-refractivity contribution in [2.24, 2.45) is 5.90 Å². The molecule has 11 N–H and O–H groups in total. The van der Waals surface area contributed by atoms with Gasteiger partial charge < -0.3 is 23.2 Å². The molecular weight excluding hydrogens is 144 g/mol. The van der Waals surface area contributed by atoms with Gasteiger partial charge in [0.05, 0.1) is 0 Å². The van der Waals surface area contributed by atoms with Crippen LogP contribution in [-0.4, -0.2) is 5.21 Å². The van der Waals surface area contributed by atoms with E-state index in [1.54, 1.807) is 0 Å². The molecule has 0 saturated heterocycles. The predicted molar refractivity (Wildman–Crippen MR) is 46.9 cm³/mol. The van der Waals surface area contributed by atoms with E-state index in [9.17, 15) is 0 Å². The van der Waals surface area contributed by atoms with Crippen LogP contribution in [0.2, 0.25) is 0 Å². The third kappa shape index (κ3) is 8.86. The summed E-state index contributed by atoms with van der Waals surface area (Å²) in [6.07, 6.45) is 0. The molecule has 0 aliphatic heterocycles. The van der Waals surface area contributed by atoms with Gasteiger partial charge in [-0.05, 0) is 12.1 Å². The van der Waals surface area contributed by atoms with Gasteiger partial charge >= 0.3 is 0 Å². The van der Waals surface area contributed by atoms with E-state index in [2.05, 4.69) is 5.90 Å². The lowest BCUT2D eigenvalue weighted by Crippen LogP contribution is -1.79. The SMILES string of the molecule is N.N.NO.Nc1ccccc1. The number of hydrogen-bond donors (Lipinski definition) is 5. The molecular formula is C6H16N4O. The second-order valence-electron chi connectivity index (χ2n) is 1.41. The van der Waals surface area contributed by atoms with Gasteiger partial charge in [-0.2, -0.15) is 0 Å². The quantitative estimate of drug-likeness (QED) is 0.283. The zero-order valence-electron chi connectivity index (χ0n) is 6.40. The van der Waals surface area contributed by atoms with Crippen LogP contribution in [0.1, 0.15) is 0 Å². The van der Waals surface area contributed by atoms with E-state index in [1.165, 1.54) is 0 Å². The molecule has 5 heteroatoms. The molecule has 0 radical (unpaired) electrons. The van der Waals surface area contributed by atoms with Crippen LogP contribution in [0.5, 0.6) is 0 Å².